The van der Waals surface area contributed by atoms with E-state index in [0.717, 1.165) is 27.9 Å². The summed E-state index contributed by atoms with van der Waals surface area (Å²) < 4.78 is 28.3. The highest BCUT2D eigenvalue weighted by atomic mass is 79.9. The molecule has 1 heterocycles. The van der Waals surface area contributed by atoms with Crippen LogP contribution < -0.4 is 10.6 Å². The van der Waals surface area contributed by atoms with Crippen molar-refractivity contribution in [3.63, 3.8) is 0 Å². The second-order valence-corrected chi connectivity index (χ2v) is 9.98. The monoisotopic (exact) mass is 500 g/mol. The highest BCUT2D eigenvalue weighted by Gasteiger charge is 2.42. The molecular weight excluding hydrogens is 478 g/mol. The van der Waals surface area contributed by atoms with E-state index in [0.29, 0.717) is 29.7 Å². The smallest absolute Gasteiger partial charge is 0.254 e. The zero-order valence-corrected chi connectivity index (χ0v) is 19.6. The zero-order valence-electron chi connectivity index (χ0n) is 18.0. The fourth-order valence-electron chi connectivity index (χ4n) is 4.54. The predicted molar refractivity (Wildman–Crippen MR) is 123 cm³/mol. The highest BCUT2D eigenvalue weighted by Crippen LogP contribution is 2.47. The average molecular weight is 501 g/mol. The maximum Gasteiger partial charge on any atom is 0.254 e. The van der Waals surface area contributed by atoms with E-state index in [1.54, 1.807) is 6.92 Å². The summed E-state index contributed by atoms with van der Waals surface area (Å²) in [6.07, 6.45) is 1.05. The number of dihydropyridines is 1. The highest BCUT2D eigenvalue weighted by molar-refractivity contribution is 9.10. The van der Waals surface area contributed by atoms with E-state index in [4.69, 9.17) is 0 Å². The largest absolute Gasteiger partial charge is 0.362 e. The number of rotatable bonds is 3. The molecule has 0 spiro atoms. The molecule has 2 aliphatic rings. The van der Waals surface area contributed by atoms with Crippen LogP contribution in [-0.4, -0.2) is 11.7 Å². The Labute approximate surface area is 193 Å². The number of nitrogens with one attached hydrogen (secondary N) is 2. The van der Waals surface area contributed by atoms with Crippen LogP contribution >= 0.6 is 15.9 Å². The Balaban J connectivity index is 1.81. The van der Waals surface area contributed by atoms with Crippen LogP contribution in [0, 0.1) is 17.0 Å². The Hall–Kier alpha value is -2.80. The quantitative estimate of drug-likeness (QED) is 0.545. The molecule has 2 N–H and O–H groups in total. The molecule has 1 amide bonds. The molecule has 2 aromatic rings. The van der Waals surface area contributed by atoms with Crippen molar-refractivity contribution < 1.29 is 18.4 Å². The number of halogens is 3. The van der Waals surface area contributed by atoms with E-state index in [1.807, 2.05) is 38.1 Å². The molecule has 1 aliphatic heterocycles. The van der Waals surface area contributed by atoms with Gasteiger partial charge in [0.1, 0.15) is 11.6 Å². The third-order valence-electron chi connectivity index (χ3n) is 5.85. The van der Waals surface area contributed by atoms with Crippen molar-refractivity contribution in [2.75, 3.05) is 5.32 Å². The summed E-state index contributed by atoms with van der Waals surface area (Å²) in [6.45, 7) is 5.86. The van der Waals surface area contributed by atoms with Crippen LogP contribution in [0.5, 0.6) is 0 Å². The van der Waals surface area contributed by atoms with Crippen molar-refractivity contribution in [2.45, 2.75) is 39.5 Å². The molecule has 0 saturated heterocycles. The number of Topliss-reactive ketones (excluding diaryl/α,β-unsaturated/α-hetero) is 1. The van der Waals surface area contributed by atoms with Crippen molar-refractivity contribution >= 4 is 33.3 Å². The van der Waals surface area contributed by atoms with Crippen LogP contribution in [0.25, 0.3) is 0 Å². The van der Waals surface area contributed by atoms with Gasteiger partial charge in [-0.3, -0.25) is 9.59 Å². The van der Waals surface area contributed by atoms with E-state index in [-0.39, 0.29) is 16.9 Å². The molecule has 32 heavy (non-hydrogen) atoms. The number of carbonyl (C=O) groups is 2. The Morgan fingerprint density at radius 2 is 1.91 bits per heavy atom. The van der Waals surface area contributed by atoms with Gasteiger partial charge in [-0.05, 0) is 48.6 Å². The number of amides is 1. The number of benzene rings is 2. The first-order valence-corrected chi connectivity index (χ1v) is 11.1. The normalized spacial score (nSPS) is 20.1. The van der Waals surface area contributed by atoms with Crippen LogP contribution in [-0.2, 0) is 9.59 Å². The number of carbonyl (C=O) groups excluding carboxylic acids is 2. The first-order chi connectivity index (χ1) is 15.1. The molecule has 1 atom stereocenters. The van der Waals surface area contributed by atoms with Gasteiger partial charge < -0.3 is 10.6 Å². The van der Waals surface area contributed by atoms with Crippen LogP contribution in [0.2, 0.25) is 0 Å². The van der Waals surface area contributed by atoms with Gasteiger partial charge in [-0.25, -0.2) is 8.78 Å². The van der Waals surface area contributed by atoms with Gasteiger partial charge in [0.15, 0.2) is 5.78 Å². The molecule has 2 aromatic carbocycles. The standard InChI is InChI=1S/C25H23BrF2N2O2/c1-13-21(24(32)30-18-8-7-16(27)10-17(18)28)22(14-5-4-6-15(26)9-14)23-19(29-13)11-25(2,3)12-20(23)31/h4-10,22,29H,11-12H2,1-3H3,(H,30,32). The second-order valence-electron chi connectivity index (χ2n) is 9.06. The van der Waals surface area contributed by atoms with Crippen molar-refractivity contribution in [1.29, 1.82) is 0 Å². The van der Waals surface area contributed by atoms with E-state index in [9.17, 15) is 18.4 Å². The summed E-state index contributed by atoms with van der Waals surface area (Å²) in [5, 5.41) is 5.83. The molecule has 0 fully saturated rings. The van der Waals surface area contributed by atoms with Crippen LogP contribution in [0.15, 0.2) is 69.5 Å². The molecular formula is C25H23BrF2N2O2. The SMILES string of the molecule is CC1=C(C(=O)Nc2ccc(F)cc2F)C(c2cccc(Br)c2)C2=C(CC(C)(C)CC2=O)N1. The molecule has 1 aliphatic carbocycles. The minimum absolute atomic E-state index is 0.0144. The Morgan fingerprint density at radius 1 is 1.16 bits per heavy atom. The fraction of sp³-hybridized carbons (Fsp3) is 0.280. The summed E-state index contributed by atoms with van der Waals surface area (Å²) >= 11 is 3.47. The second kappa shape index (κ2) is 8.28. The molecule has 7 heteroatoms. The lowest BCUT2D eigenvalue weighted by Gasteiger charge is -2.39. The fourth-order valence-corrected chi connectivity index (χ4v) is 4.95. The first-order valence-electron chi connectivity index (χ1n) is 10.3. The average Bonchev–Trinajstić information content (AvgIpc) is 2.68. The number of anilines is 1. The Kier molecular flexibility index (Phi) is 5.79. The topological polar surface area (TPSA) is 58.2 Å². The van der Waals surface area contributed by atoms with E-state index in [1.165, 1.54) is 6.07 Å². The lowest BCUT2D eigenvalue weighted by molar-refractivity contribution is -0.118. The molecule has 166 valence electrons. The summed E-state index contributed by atoms with van der Waals surface area (Å²) in [5.41, 5.74) is 2.78. The molecule has 4 nitrogen and oxygen atoms in total. The summed E-state index contributed by atoms with van der Waals surface area (Å²) in [7, 11) is 0. The van der Waals surface area contributed by atoms with Gasteiger partial charge in [0.25, 0.3) is 5.91 Å². The maximum absolute atomic E-state index is 14.2. The summed E-state index contributed by atoms with van der Waals surface area (Å²) in [5.74, 6) is -2.76. The van der Waals surface area contributed by atoms with Crippen LogP contribution in [0.1, 0.15) is 45.1 Å². The number of ketones is 1. The van der Waals surface area contributed by atoms with Crippen molar-refractivity contribution in [2.24, 2.45) is 5.41 Å². The molecule has 0 radical (unpaired) electrons. The van der Waals surface area contributed by atoms with Crippen molar-refractivity contribution in [1.82, 2.24) is 5.32 Å². The number of hydrogen-bond donors (Lipinski definition) is 2. The van der Waals surface area contributed by atoms with E-state index < -0.39 is 23.5 Å². The molecule has 4 rings (SSSR count). The third-order valence-corrected chi connectivity index (χ3v) is 6.34. The third kappa shape index (κ3) is 4.26. The minimum Gasteiger partial charge on any atom is -0.362 e. The first kappa shape index (κ1) is 22.4. The zero-order chi connectivity index (χ0) is 23.2. The molecule has 0 aromatic heterocycles. The van der Waals surface area contributed by atoms with Gasteiger partial charge in [0.05, 0.1) is 5.69 Å². The van der Waals surface area contributed by atoms with Crippen LogP contribution in [0.4, 0.5) is 14.5 Å². The van der Waals surface area contributed by atoms with Gasteiger partial charge in [-0.2, -0.15) is 0 Å². The van der Waals surface area contributed by atoms with Gasteiger partial charge in [-0.15, -0.1) is 0 Å². The lowest BCUT2D eigenvalue weighted by atomic mass is 9.68. The summed E-state index contributed by atoms with van der Waals surface area (Å²) in [4.78, 5) is 26.6. The Bertz CT molecular complexity index is 1200. The lowest BCUT2D eigenvalue weighted by Crippen LogP contribution is -2.39. The summed E-state index contributed by atoms with van der Waals surface area (Å²) in [6, 6.07) is 10.5. The molecule has 0 saturated carbocycles. The van der Waals surface area contributed by atoms with Crippen molar-refractivity contribution in [3.8, 4) is 0 Å². The maximum atomic E-state index is 14.2. The van der Waals surface area contributed by atoms with Crippen molar-refractivity contribution in [3.05, 3.63) is 86.7 Å². The van der Waals surface area contributed by atoms with E-state index >= 15 is 0 Å². The van der Waals surface area contributed by atoms with Gasteiger partial charge in [0.2, 0.25) is 0 Å². The number of allylic oxidation sites excluding steroid dienone is 3. The van der Waals surface area contributed by atoms with Gasteiger partial charge in [0, 0.05) is 45.4 Å². The number of hydrogen-bond acceptors (Lipinski definition) is 3. The predicted octanol–water partition coefficient (Wildman–Crippen LogP) is 5.97. The van der Waals surface area contributed by atoms with E-state index in [2.05, 4.69) is 26.6 Å². The minimum atomic E-state index is -0.866. The molecule has 1 unspecified atom stereocenters. The molecule has 0 bridgehead atoms. The van der Waals surface area contributed by atoms with Gasteiger partial charge >= 0.3 is 0 Å². The Morgan fingerprint density at radius 3 is 2.59 bits per heavy atom. The van der Waals surface area contributed by atoms with Crippen LogP contribution in [0.3, 0.4) is 0 Å². The van der Waals surface area contributed by atoms with Gasteiger partial charge in [-0.1, -0.05) is 41.9 Å².